The molecule has 0 aliphatic carbocycles. The van der Waals surface area contributed by atoms with Crippen LogP contribution in [0.5, 0.6) is 0 Å². The average Bonchev–Trinajstić information content (AvgIpc) is 3.76. The highest BCUT2D eigenvalue weighted by Gasteiger charge is 2.65. The Morgan fingerprint density at radius 3 is 2.02 bits per heavy atom. The molecule has 5 saturated heterocycles. The van der Waals surface area contributed by atoms with Gasteiger partial charge in [0.15, 0.2) is 23.9 Å². The number of carbonyl (C=O) groups excluding carboxylic acids is 1. The predicted molar refractivity (Wildman–Crippen MR) is 166 cm³/mol. The van der Waals surface area contributed by atoms with E-state index in [4.69, 9.17) is 37.7 Å². The Bertz CT molecular complexity index is 1340. The van der Waals surface area contributed by atoms with Crippen LogP contribution in [-0.2, 0) is 42.5 Å². The van der Waals surface area contributed by atoms with Gasteiger partial charge in [-0.2, -0.15) is 0 Å². The molecular weight excluding hydrogens is 594 g/mol. The van der Waals surface area contributed by atoms with E-state index >= 15 is 0 Å². The van der Waals surface area contributed by atoms with Gasteiger partial charge in [-0.05, 0) is 43.1 Å². The van der Waals surface area contributed by atoms with Gasteiger partial charge in [0.05, 0.1) is 19.6 Å². The van der Waals surface area contributed by atoms with Gasteiger partial charge in [0, 0.05) is 0 Å². The van der Waals surface area contributed by atoms with E-state index in [2.05, 4.69) is 69.3 Å². The van der Waals surface area contributed by atoms with Crippen LogP contribution in [0, 0.1) is 0 Å². The van der Waals surface area contributed by atoms with Crippen molar-refractivity contribution in [3.63, 3.8) is 0 Å². The molecule has 0 unspecified atom stereocenters. The summed E-state index contributed by atoms with van der Waals surface area (Å²) in [5.74, 6) is -1.82. The van der Waals surface area contributed by atoms with Gasteiger partial charge in [0.25, 0.3) is 8.32 Å². The zero-order valence-electron chi connectivity index (χ0n) is 27.1. The first-order chi connectivity index (χ1) is 21.3. The number of hydrogen-bond acceptors (Lipinski definition) is 10. The second-order valence-electron chi connectivity index (χ2n) is 14.6. The van der Waals surface area contributed by atoms with Crippen molar-refractivity contribution in [1.29, 1.82) is 0 Å². The van der Waals surface area contributed by atoms with Crippen molar-refractivity contribution in [2.24, 2.45) is 0 Å². The van der Waals surface area contributed by atoms with Crippen LogP contribution in [0.15, 0.2) is 60.7 Å². The van der Waals surface area contributed by atoms with Gasteiger partial charge in [-0.1, -0.05) is 81.4 Å². The topological polar surface area (TPSA) is 94.2 Å². The van der Waals surface area contributed by atoms with Gasteiger partial charge in [-0.3, -0.25) is 9.63 Å². The molecule has 11 heteroatoms. The van der Waals surface area contributed by atoms with E-state index in [9.17, 15) is 4.79 Å². The van der Waals surface area contributed by atoms with E-state index < -0.39 is 62.7 Å². The van der Waals surface area contributed by atoms with Gasteiger partial charge < -0.3 is 32.8 Å². The second-order valence-corrected chi connectivity index (χ2v) is 18.9. The minimum atomic E-state index is -2.90. The van der Waals surface area contributed by atoms with Crippen molar-refractivity contribution in [2.45, 2.75) is 120 Å². The van der Waals surface area contributed by atoms with Crippen molar-refractivity contribution in [3.8, 4) is 0 Å². The van der Waals surface area contributed by atoms with Gasteiger partial charge >= 0.3 is 5.97 Å². The zero-order chi connectivity index (χ0) is 31.8. The molecule has 0 radical (unpaired) electrons. The third-order valence-electron chi connectivity index (χ3n) is 9.57. The third kappa shape index (κ3) is 5.49. The lowest BCUT2D eigenvalue weighted by Crippen LogP contribution is -2.67. The highest BCUT2D eigenvalue weighted by atomic mass is 28.4. The molecule has 10 nitrogen and oxygen atoms in total. The Labute approximate surface area is 266 Å². The van der Waals surface area contributed by atoms with Crippen molar-refractivity contribution < 1.29 is 42.5 Å². The summed E-state index contributed by atoms with van der Waals surface area (Å²) in [6, 6.07) is 20.5. The summed E-state index contributed by atoms with van der Waals surface area (Å²) in [5.41, 5.74) is 0. The van der Waals surface area contributed by atoms with Crippen molar-refractivity contribution in [1.82, 2.24) is 5.06 Å². The summed E-state index contributed by atoms with van der Waals surface area (Å²) in [6.45, 7) is 15.0. The van der Waals surface area contributed by atoms with Crippen molar-refractivity contribution in [3.05, 3.63) is 60.7 Å². The Morgan fingerprint density at radius 2 is 1.44 bits per heavy atom. The van der Waals surface area contributed by atoms with Crippen LogP contribution in [0.3, 0.4) is 0 Å². The SMILES string of the molecule is CC1(C)O[C@H]2[C@@H]([C@@H]3COC(C)(C)O3)O[C@@H](N3O[C@@H]4CC(=O)O[C@@H]4[C@H]3CO[Si](c3ccccc3)(c3ccccc3)C(C)(C)C)[C@H]2O1. The fourth-order valence-corrected chi connectivity index (χ4v) is 12.3. The molecule has 0 spiro atoms. The average molecular weight is 640 g/mol. The summed E-state index contributed by atoms with van der Waals surface area (Å²) in [4.78, 5) is 19.1. The van der Waals surface area contributed by atoms with Gasteiger partial charge in [-0.15, -0.1) is 5.06 Å². The van der Waals surface area contributed by atoms with Crippen LogP contribution in [-0.4, -0.2) is 93.0 Å². The summed E-state index contributed by atoms with van der Waals surface area (Å²) in [7, 11) is -2.90. The fraction of sp³-hybridized carbons (Fsp3) is 0.618. The molecule has 5 aliphatic heterocycles. The number of ether oxygens (including phenoxy) is 6. The molecule has 8 atom stereocenters. The van der Waals surface area contributed by atoms with Crippen LogP contribution in [0.25, 0.3) is 0 Å². The highest BCUT2D eigenvalue weighted by Crippen LogP contribution is 2.46. The second kappa shape index (κ2) is 11.2. The van der Waals surface area contributed by atoms with E-state index in [1.165, 1.54) is 10.4 Å². The van der Waals surface area contributed by atoms with Gasteiger partial charge in [-0.25, -0.2) is 0 Å². The molecule has 5 aliphatic rings. The molecule has 5 heterocycles. The predicted octanol–water partition coefficient (Wildman–Crippen LogP) is 3.26. The van der Waals surface area contributed by atoms with Crippen LogP contribution in [0.1, 0.15) is 54.9 Å². The minimum absolute atomic E-state index is 0.164. The van der Waals surface area contributed by atoms with Crippen LogP contribution in [0.4, 0.5) is 0 Å². The first kappa shape index (κ1) is 31.4. The molecule has 0 saturated carbocycles. The van der Waals surface area contributed by atoms with Crippen molar-refractivity contribution in [2.75, 3.05) is 13.2 Å². The maximum absolute atomic E-state index is 12.5. The molecule has 0 N–H and O–H groups in total. The Kier molecular flexibility index (Phi) is 7.82. The van der Waals surface area contributed by atoms with E-state index in [0.717, 1.165) is 0 Å². The van der Waals surface area contributed by atoms with E-state index in [-0.39, 0.29) is 30.1 Å². The van der Waals surface area contributed by atoms with E-state index in [1.54, 1.807) is 0 Å². The number of fused-ring (bicyclic) bond motifs is 2. The van der Waals surface area contributed by atoms with E-state index in [0.29, 0.717) is 6.61 Å². The number of benzene rings is 2. The summed E-state index contributed by atoms with van der Waals surface area (Å²) in [6.07, 6.45) is -3.12. The standard InChI is InChI=1S/C34H45NO9Si/c1-32(2,3)45(21-14-10-8-11-15-21,22-16-12-9-13-17-22)38-19-23-27-24(18-26(36)39-27)44-35(23)31-30-29(42-34(6,7)43-30)28(40-31)25-20-37-33(4,5)41-25/h8-17,23-25,27-31H,18-20H2,1-7H3/t23-,24-,25+,27-,28-,29+,30+,31-/m1/s1. The molecule has 244 valence electrons. The number of carbonyl (C=O) groups is 1. The van der Waals surface area contributed by atoms with Gasteiger partial charge in [0.2, 0.25) is 0 Å². The molecular formula is C34H45NO9Si. The lowest BCUT2D eigenvalue weighted by atomic mass is 10.0. The number of hydrogen-bond donors (Lipinski definition) is 0. The first-order valence-electron chi connectivity index (χ1n) is 16.0. The summed E-state index contributed by atoms with van der Waals surface area (Å²) in [5, 5.41) is 3.93. The van der Waals surface area contributed by atoms with Crippen LogP contribution < -0.4 is 10.4 Å². The van der Waals surface area contributed by atoms with E-state index in [1.807, 2.05) is 44.9 Å². The molecule has 45 heavy (non-hydrogen) atoms. The smallest absolute Gasteiger partial charge is 0.309 e. The molecule has 0 aromatic heterocycles. The molecule has 0 bridgehead atoms. The van der Waals surface area contributed by atoms with Crippen LogP contribution >= 0.6 is 0 Å². The number of rotatable bonds is 7. The Hall–Kier alpha value is -2.19. The molecule has 5 fully saturated rings. The lowest BCUT2D eigenvalue weighted by Gasteiger charge is -2.44. The Balaban J connectivity index is 1.23. The number of hydroxylamine groups is 2. The number of esters is 1. The maximum Gasteiger partial charge on any atom is 0.309 e. The molecule has 2 aromatic carbocycles. The van der Waals surface area contributed by atoms with Crippen LogP contribution in [0.2, 0.25) is 5.04 Å². The highest BCUT2D eigenvalue weighted by molar-refractivity contribution is 6.99. The minimum Gasteiger partial charge on any atom is -0.458 e. The molecule has 7 rings (SSSR count). The normalized spacial score (nSPS) is 35.8. The first-order valence-corrected chi connectivity index (χ1v) is 17.9. The summed E-state index contributed by atoms with van der Waals surface area (Å²) < 4.78 is 45.0. The quantitative estimate of drug-likeness (QED) is 0.332. The Morgan fingerprint density at radius 1 is 0.822 bits per heavy atom. The summed E-state index contributed by atoms with van der Waals surface area (Å²) >= 11 is 0. The molecule has 0 amide bonds. The lowest BCUT2D eigenvalue weighted by molar-refractivity contribution is -0.293. The van der Waals surface area contributed by atoms with Crippen molar-refractivity contribution >= 4 is 24.7 Å². The fourth-order valence-electron chi connectivity index (χ4n) is 7.74. The monoisotopic (exact) mass is 639 g/mol. The third-order valence-corrected chi connectivity index (χ3v) is 14.6. The zero-order valence-corrected chi connectivity index (χ0v) is 28.1. The van der Waals surface area contributed by atoms with Gasteiger partial charge in [0.1, 0.15) is 36.6 Å². The molecule has 2 aromatic rings. The largest absolute Gasteiger partial charge is 0.458 e. The number of nitrogens with zero attached hydrogens (tertiary/aromatic N) is 1. The maximum atomic E-state index is 12.5.